The van der Waals surface area contributed by atoms with Gasteiger partial charge in [0.15, 0.2) is 0 Å². The van der Waals surface area contributed by atoms with Crippen molar-refractivity contribution in [1.82, 2.24) is 10.2 Å². The van der Waals surface area contributed by atoms with Crippen LogP contribution in [0.15, 0.2) is 0 Å². The van der Waals surface area contributed by atoms with Gasteiger partial charge in [0.2, 0.25) is 0 Å². The highest BCUT2D eigenvalue weighted by Crippen LogP contribution is 2.49. The van der Waals surface area contributed by atoms with E-state index < -0.39 is 0 Å². The van der Waals surface area contributed by atoms with Gasteiger partial charge in [0, 0.05) is 13.1 Å². The second-order valence-corrected chi connectivity index (χ2v) is 6.76. The first-order valence-electron chi connectivity index (χ1n) is 7.76. The minimum atomic E-state index is 0.828. The summed E-state index contributed by atoms with van der Waals surface area (Å²) in [4.78, 5) is 2.78. The topological polar surface area (TPSA) is 15.3 Å². The summed E-state index contributed by atoms with van der Waals surface area (Å²) in [5.41, 5.74) is 0. The molecule has 1 saturated heterocycles. The number of hydrogen-bond donors (Lipinski definition) is 1. The van der Waals surface area contributed by atoms with Crippen LogP contribution in [0.5, 0.6) is 0 Å². The summed E-state index contributed by atoms with van der Waals surface area (Å²) in [6, 6.07) is 0. The molecule has 1 heterocycles. The molecule has 98 valence electrons. The van der Waals surface area contributed by atoms with Gasteiger partial charge in [-0.1, -0.05) is 6.92 Å². The lowest BCUT2D eigenvalue weighted by Gasteiger charge is -2.32. The van der Waals surface area contributed by atoms with Crippen molar-refractivity contribution in [3.63, 3.8) is 0 Å². The van der Waals surface area contributed by atoms with E-state index in [2.05, 4.69) is 17.1 Å². The normalized spacial score (nSPS) is 32.5. The van der Waals surface area contributed by atoms with E-state index in [0.717, 1.165) is 23.7 Å². The highest BCUT2D eigenvalue weighted by Gasteiger charge is 2.41. The minimum absolute atomic E-state index is 0.828. The first kappa shape index (κ1) is 12.0. The zero-order valence-electron chi connectivity index (χ0n) is 11.3. The number of rotatable bonds is 4. The number of nitrogens with zero attached hydrogens (tertiary/aromatic N) is 1. The Morgan fingerprint density at radius 1 is 1.18 bits per heavy atom. The molecule has 0 spiro atoms. The predicted octanol–water partition coefficient (Wildman–Crippen LogP) is 2.35. The van der Waals surface area contributed by atoms with Gasteiger partial charge in [-0.05, 0) is 75.4 Å². The van der Waals surface area contributed by atoms with E-state index in [1.807, 2.05) is 0 Å². The van der Waals surface area contributed by atoms with Crippen LogP contribution in [-0.4, -0.2) is 37.6 Å². The lowest BCUT2D eigenvalue weighted by molar-refractivity contribution is 0.168. The van der Waals surface area contributed by atoms with Crippen molar-refractivity contribution in [3.8, 4) is 0 Å². The molecule has 0 bridgehead atoms. The second kappa shape index (κ2) is 5.27. The molecule has 2 nitrogen and oxygen atoms in total. The molecule has 1 N–H and O–H groups in total. The van der Waals surface area contributed by atoms with Gasteiger partial charge in [-0.25, -0.2) is 0 Å². The molecular weight excluding hydrogens is 208 g/mol. The van der Waals surface area contributed by atoms with E-state index in [1.165, 1.54) is 64.8 Å². The molecule has 2 heteroatoms. The third-order valence-electron chi connectivity index (χ3n) is 4.81. The molecular formula is C15H28N2. The van der Waals surface area contributed by atoms with E-state index in [4.69, 9.17) is 0 Å². The van der Waals surface area contributed by atoms with Crippen LogP contribution in [0.25, 0.3) is 0 Å². The van der Waals surface area contributed by atoms with Crippen LogP contribution in [0.2, 0.25) is 0 Å². The van der Waals surface area contributed by atoms with Gasteiger partial charge in [0.1, 0.15) is 0 Å². The first-order valence-corrected chi connectivity index (χ1v) is 7.76. The Morgan fingerprint density at radius 3 is 2.53 bits per heavy atom. The summed E-state index contributed by atoms with van der Waals surface area (Å²) in [6.45, 7) is 8.90. The highest BCUT2D eigenvalue weighted by molar-refractivity contribution is 4.93. The maximum absolute atomic E-state index is 3.55. The summed E-state index contributed by atoms with van der Waals surface area (Å²) in [5.74, 6) is 4.12. The van der Waals surface area contributed by atoms with Crippen LogP contribution in [0.3, 0.4) is 0 Å². The van der Waals surface area contributed by atoms with Crippen molar-refractivity contribution >= 4 is 0 Å². The zero-order chi connectivity index (χ0) is 11.7. The Labute approximate surface area is 106 Å². The molecule has 3 aliphatic rings. The summed E-state index contributed by atoms with van der Waals surface area (Å²) < 4.78 is 0. The van der Waals surface area contributed by atoms with E-state index in [1.54, 1.807) is 0 Å². The van der Waals surface area contributed by atoms with Gasteiger partial charge in [-0.3, -0.25) is 0 Å². The Hall–Kier alpha value is -0.0800. The van der Waals surface area contributed by atoms with Crippen LogP contribution >= 0.6 is 0 Å². The van der Waals surface area contributed by atoms with E-state index in [9.17, 15) is 0 Å². The third-order valence-corrected chi connectivity index (χ3v) is 4.81. The Balaban J connectivity index is 1.53. The maximum atomic E-state index is 3.55. The molecule has 0 amide bonds. The smallest absolute Gasteiger partial charge is 0.00193 e. The maximum Gasteiger partial charge on any atom is 0.00193 e. The fraction of sp³-hybridized carbons (Fsp3) is 1.00. The van der Waals surface area contributed by atoms with Gasteiger partial charge in [0.25, 0.3) is 0 Å². The lowest BCUT2D eigenvalue weighted by Crippen LogP contribution is -2.41. The summed E-state index contributed by atoms with van der Waals surface area (Å²) in [5, 5.41) is 3.55. The van der Waals surface area contributed by atoms with Crippen molar-refractivity contribution in [3.05, 3.63) is 0 Å². The van der Waals surface area contributed by atoms with Crippen molar-refractivity contribution < 1.29 is 0 Å². The standard InChI is InChI=1S/C15H28N2/c1-12-9-16-7-2-8-17(10-12)11-15(13-3-4-13)14-5-6-14/h12-16H,2-11H2,1H3. The third kappa shape index (κ3) is 3.45. The van der Waals surface area contributed by atoms with Crippen molar-refractivity contribution in [2.24, 2.45) is 23.7 Å². The summed E-state index contributed by atoms with van der Waals surface area (Å²) >= 11 is 0. The number of nitrogens with one attached hydrogen (secondary N) is 1. The predicted molar refractivity (Wildman–Crippen MR) is 72.0 cm³/mol. The van der Waals surface area contributed by atoms with Crippen molar-refractivity contribution in [2.75, 3.05) is 32.7 Å². The molecule has 3 fully saturated rings. The average molecular weight is 236 g/mol. The van der Waals surface area contributed by atoms with Crippen LogP contribution < -0.4 is 5.32 Å². The van der Waals surface area contributed by atoms with Crippen LogP contribution in [0, 0.1) is 23.7 Å². The quantitative estimate of drug-likeness (QED) is 0.806. The minimum Gasteiger partial charge on any atom is -0.316 e. The van der Waals surface area contributed by atoms with Gasteiger partial charge in [-0.2, -0.15) is 0 Å². The Morgan fingerprint density at radius 2 is 1.88 bits per heavy atom. The first-order chi connectivity index (χ1) is 8.33. The van der Waals surface area contributed by atoms with Gasteiger partial charge >= 0.3 is 0 Å². The van der Waals surface area contributed by atoms with Crippen molar-refractivity contribution in [2.45, 2.75) is 39.0 Å². The van der Waals surface area contributed by atoms with Gasteiger partial charge in [-0.15, -0.1) is 0 Å². The van der Waals surface area contributed by atoms with E-state index in [-0.39, 0.29) is 0 Å². The monoisotopic (exact) mass is 236 g/mol. The SMILES string of the molecule is CC1CNCCCN(CC(C2CC2)C2CC2)C1. The molecule has 2 saturated carbocycles. The summed E-state index contributed by atoms with van der Waals surface area (Å²) in [6.07, 6.45) is 7.48. The van der Waals surface area contributed by atoms with Crippen LogP contribution in [0.4, 0.5) is 0 Å². The molecule has 1 aliphatic heterocycles. The Kier molecular flexibility index (Phi) is 3.72. The summed E-state index contributed by atoms with van der Waals surface area (Å²) in [7, 11) is 0. The van der Waals surface area contributed by atoms with E-state index in [0.29, 0.717) is 0 Å². The fourth-order valence-corrected chi connectivity index (χ4v) is 3.57. The lowest BCUT2D eigenvalue weighted by atomic mass is 9.96. The van der Waals surface area contributed by atoms with Crippen LogP contribution in [0.1, 0.15) is 39.0 Å². The molecule has 0 aromatic rings. The second-order valence-electron chi connectivity index (χ2n) is 6.76. The molecule has 0 radical (unpaired) electrons. The average Bonchev–Trinajstić information content (AvgIpc) is 3.15. The molecule has 0 aromatic carbocycles. The molecule has 0 aromatic heterocycles. The highest BCUT2D eigenvalue weighted by atomic mass is 15.1. The number of hydrogen-bond acceptors (Lipinski definition) is 2. The van der Waals surface area contributed by atoms with Crippen molar-refractivity contribution in [1.29, 1.82) is 0 Å². The molecule has 1 unspecified atom stereocenters. The van der Waals surface area contributed by atoms with Gasteiger partial charge < -0.3 is 10.2 Å². The molecule has 2 aliphatic carbocycles. The molecule has 1 atom stereocenters. The van der Waals surface area contributed by atoms with Gasteiger partial charge in [0.05, 0.1) is 0 Å². The Bertz CT molecular complexity index is 233. The largest absolute Gasteiger partial charge is 0.316 e. The van der Waals surface area contributed by atoms with E-state index >= 15 is 0 Å². The van der Waals surface area contributed by atoms with Crippen LogP contribution in [-0.2, 0) is 0 Å². The zero-order valence-corrected chi connectivity index (χ0v) is 11.3. The molecule has 3 rings (SSSR count). The molecule has 17 heavy (non-hydrogen) atoms. The fourth-order valence-electron chi connectivity index (χ4n) is 3.57.